The lowest BCUT2D eigenvalue weighted by atomic mass is 10.3. The molecule has 5 heteroatoms. The van der Waals surface area contributed by atoms with Gasteiger partial charge < -0.3 is 14.2 Å². The molecule has 84 valence electrons. The summed E-state index contributed by atoms with van der Waals surface area (Å²) in [6.07, 6.45) is 0. The van der Waals surface area contributed by atoms with Gasteiger partial charge in [0, 0.05) is 0 Å². The van der Waals surface area contributed by atoms with E-state index in [4.69, 9.17) is 20.9 Å². The third kappa shape index (κ3) is 3.02. The van der Waals surface area contributed by atoms with Gasteiger partial charge in [0.25, 0.3) is 0 Å². The summed E-state index contributed by atoms with van der Waals surface area (Å²) in [5, 5.41) is 10.3. The number of hydrogen-bond acceptors (Lipinski definition) is 4. The van der Waals surface area contributed by atoms with Crippen LogP contribution in [0.4, 0.5) is 0 Å². The predicted molar refractivity (Wildman–Crippen MR) is 65.3 cm³/mol. The second-order valence-corrected chi connectivity index (χ2v) is 6.26. The van der Waals surface area contributed by atoms with E-state index in [1.165, 1.54) is 0 Å². The Balaban J connectivity index is 3.09. The number of phenolic OH excluding ortho intramolecular Hbond substituents is 1. The van der Waals surface area contributed by atoms with E-state index in [-0.39, 0.29) is 5.75 Å². The van der Waals surface area contributed by atoms with Gasteiger partial charge in [0.05, 0.1) is 18.5 Å². The highest BCUT2D eigenvalue weighted by Crippen LogP contribution is 2.49. The summed E-state index contributed by atoms with van der Waals surface area (Å²) in [6.45, 7) is 2.15. The van der Waals surface area contributed by atoms with Crippen LogP contribution in [0.15, 0.2) is 24.3 Å². The van der Waals surface area contributed by atoms with Gasteiger partial charge in [-0.05, 0) is 37.8 Å². The lowest BCUT2D eigenvalue weighted by Crippen LogP contribution is -2.10. The maximum absolute atomic E-state index is 9.70. The zero-order chi connectivity index (χ0) is 11.3. The first-order valence-corrected chi connectivity index (χ1v) is 7.45. The Morgan fingerprint density at radius 3 is 2.20 bits per heavy atom. The van der Waals surface area contributed by atoms with Crippen molar-refractivity contribution in [3.05, 3.63) is 24.3 Å². The predicted octanol–water partition coefficient (Wildman–Crippen LogP) is 2.40. The van der Waals surface area contributed by atoms with Crippen LogP contribution in [-0.2, 0) is 20.9 Å². The number of benzene rings is 1. The largest absolute Gasteiger partial charge is 0.507 e. The van der Waals surface area contributed by atoms with E-state index in [1.54, 1.807) is 18.2 Å². The van der Waals surface area contributed by atoms with E-state index in [0.29, 0.717) is 18.5 Å². The monoisotopic (exact) mass is 246 g/mol. The van der Waals surface area contributed by atoms with Crippen LogP contribution in [0, 0.1) is 0 Å². The number of phenols is 1. The normalized spacial score (nSPS) is 11.6. The molecule has 0 bridgehead atoms. The summed E-state index contributed by atoms with van der Waals surface area (Å²) in [4.78, 5) is 0. The van der Waals surface area contributed by atoms with Crippen LogP contribution in [0.5, 0.6) is 5.75 Å². The van der Waals surface area contributed by atoms with Crippen LogP contribution in [0.1, 0.15) is 13.8 Å². The van der Waals surface area contributed by atoms with Crippen LogP contribution in [0.25, 0.3) is 0 Å². The molecule has 0 aliphatic carbocycles. The standard InChI is InChI=1S/C10H15O3PS/c1-3-12-14(15,13-4-2)10-8-6-5-7-9(10)11/h5-8,11H,3-4H2,1-2H3. The van der Waals surface area contributed by atoms with Crippen LogP contribution >= 0.6 is 6.49 Å². The van der Waals surface area contributed by atoms with E-state index >= 15 is 0 Å². The van der Waals surface area contributed by atoms with Crippen molar-refractivity contribution in [2.45, 2.75) is 13.8 Å². The van der Waals surface area contributed by atoms with Crippen molar-refractivity contribution in [3.63, 3.8) is 0 Å². The summed E-state index contributed by atoms with van der Waals surface area (Å²) in [6, 6.07) is 6.90. The van der Waals surface area contributed by atoms with Gasteiger partial charge in [-0.3, -0.25) is 0 Å². The molecule has 0 unspecified atom stereocenters. The van der Waals surface area contributed by atoms with E-state index in [1.807, 2.05) is 19.9 Å². The minimum Gasteiger partial charge on any atom is -0.507 e. The van der Waals surface area contributed by atoms with E-state index < -0.39 is 6.49 Å². The fourth-order valence-corrected chi connectivity index (χ4v) is 3.96. The molecule has 0 saturated carbocycles. The first-order valence-electron chi connectivity index (χ1n) is 4.81. The molecular weight excluding hydrogens is 231 g/mol. The highest BCUT2D eigenvalue weighted by molar-refractivity contribution is 8.13. The molecule has 3 nitrogen and oxygen atoms in total. The molecule has 0 amide bonds. The minimum atomic E-state index is -2.53. The topological polar surface area (TPSA) is 38.7 Å². The number of rotatable bonds is 5. The van der Waals surface area contributed by atoms with Gasteiger partial charge in [-0.25, -0.2) is 0 Å². The first kappa shape index (κ1) is 12.7. The van der Waals surface area contributed by atoms with Crippen LogP contribution in [-0.4, -0.2) is 18.3 Å². The third-order valence-corrected chi connectivity index (χ3v) is 5.16. The average Bonchev–Trinajstić information content (AvgIpc) is 2.19. The third-order valence-electron chi connectivity index (χ3n) is 1.77. The van der Waals surface area contributed by atoms with Crippen molar-refractivity contribution >= 4 is 23.6 Å². The molecule has 0 saturated heterocycles. The molecular formula is C10H15O3PS. The Hall–Kier alpha value is -0.410. The molecule has 0 aliphatic heterocycles. The van der Waals surface area contributed by atoms with Crippen LogP contribution in [0.2, 0.25) is 0 Å². The number of aromatic hydroxyl groups is 1. The van der Waals surface area contributed by atoms with Crippen molar-refractivity contribution in [2.75, 3.05) is 13.2 Å². The highest BCUT2D eigenvalue weighted by Gasteiger charge is 2.23. The summed E-state index contributed by atoms with van der Waals surface area (Å²) >= 11 is 5.36. The molecule has 0 atom stereocenters. The van der Waals surface area contributed by atoms with Crippen molar-refractivity contribution in [1.82, 2.24) is 0 Å². The van der Waals surface area contributed by atoms with Gasteiger partial charge in [-0.2, -0.15) is 0 Å². The highest BCUT2D eigenvalue weighted by atomic mass is 32.5. The molecule has 0 fully saturated rings. The molecule has 15 heavy (non-hydrogen) atoms. The van der Waals surface area contributed by atoms with Gasteiger partial charge in [0.1, 0.15) is 5.75 Å². The van der Waals surface area contributed by atoms with Gasteiger partial charge >= 0.3 is 0 Å². The molecule has 1 rings (SSSR count). The fourth-order valence-electron chi connectivity index (χ4n) is 1.21. The van der Waals surface area contributed by atoms with Crippen LogP contribution < -0.4 is 5.30 Å². The van der Waals surface area contributed by atoms with E-state index in [9.17, 15) is 5.11 Å². The van der Waals surface area contributed by atoms with Gasteiger partial charge in [0.15, 0.2) is 0 Å². The maximum atomic E-state index is 9.70. The van der Waals surface area contributed by atoms with E-state index in [2.05, 4.69) is 0 Å². The van der Waals surface area contributed by atoms with Crippen molar-refractivity contribution < 1.29 is 14.2 Å². The SMILES string of the molecule is CCOP(=S)(OCC)c1ccccc1O. The van der Waals surface area contributed by atoms with Gasteiger partial charge in [-0.15, -0.1) is 0 Å². The Morgan fingerprint density at radius 1 is 1.20 bits per heavy atom. The van der Waals surface area contributed by atoms with Crippen molar-refractivity contribution in [2.24, 2.45) is 0 Å². The minimum absolute atomic E-state index is 0.141. The second kappa shape index (κ2) is 5.61. The molecule has 0 radical (unpaired) electrons. The average molecular weight is 246 g/mol. The lowest BCUT2D eigenvalue weighted by molar-refractivity contribution is 0.274. The summed E-state index contributed by atoms with van der Waals surface area (Å²) in [5.74, 6) is 0.141. The van der Waals surface area contributed by atoms with Gasteiger partial charge in [-0.1, -0.05) is 12.1 Å². The fraction of sp³-hybridized carbons (Fsp3) is 0.400. The Labute approximate surface area is 95.2 Å². The molecule has 0 aromatic heterocycles. The van der Waals surface area contributed by atoms with Gasteiger partial charge in [0.2, 0.25) is 6.49 Å². The molecule has 0 aliphatic rings. The Kier molecular flexibility index (Phi) is 4.74. The molecule has 0 spiro atoms. The quantitative estimate of drug-likeness (QED) is 0.810. The molecule has 1 aromatic carbocycles. The number of para-hydroxylation sites is 1. The zero-order valence-corrected chi connectivity index (χ0v) is 10.6. The zero-order valence-electron chi connectivity index (χ0n) is 8.84. The second-order valence-electron chi connectivity index (χ2n) is 2.82. The Morgan fingerprint density at radius 2 is 1.73 bits per heavy atom. The molecule has 1 aromatic rings. The van der Waals surface area contributed by atoms with Crippen molar-refractivity contribution in [3.8, 4) is 5.75 Å². The smallest absolute Gasteiger partial charge is 0.223 e. The molecule has 0 heterocycles. The number of hydrogen-bond donors (Lipinski definition) is 1. The van der Waals surface area contributed by atoms with Crippen molar-refractivity contribution in [1.29, 1.82) is 0 Å². The first-order chi connectivity index (χ1) is 7.14. The lowest BCUT2D eigenvalue weighted by Gasteiger charge is -2.21. The maximum Gasteiger partial charge on any atom is 0.223 e. The van der Waals surface area contributed by atoms with E-state index in [0.717, 1.165) is 0 Å². The van der Waals surface area contributed by atoms with Crippen LogP contribution in [0.3, 0.4) is 0 Å². The summed E-state index contributed by atoms with van der Waals surface area (Å²) < 4.78 is 11.0. The molecule has 1 N–H and O–H groups in total. The summed E-state index contributed by atoms with van der Waals surface area (Å²) in [5.41, 5.74) is 0. The summed E-state index contributed by atoms with van der Waals surface area (Å²) in [7, 11) is 0. The Bertz CT molecular complexity index is 357.